The van der Waals surface area contributed by atoms with E-state index in [1.165, 1.54) is 29.6 Å². The topological polar surface area (TPSA) is 115 Å². The molecule has 0 N–H and O–H groups in total. The first kappa shape index (κ1) is 23.2. The van der Waals surface area contributed by atoms with Crippen LogP contribution in [0.3, 0.4) is 0 Å². The van der Waals surface area contributed by atoms with Crippen molar-refractivity contribution in [2.24, 2.45) is 0 Å². The minimum Gasteiger partial charge on any atom is -0.289 e. The summed E-state index contributed by atoms with van der Waals surface area (Å²) >= 11 is 0. The number of sulfonamides is 1. The van der Waals surface area contributed by atoms with Gasteiger partial charge >= 0.3 is 0 Å². The molecular weight excluding hydrogens is 480 g/mol. The van der Waals surface area contributed by atoms with Crippen LogP contribution in [-0.4, -0.2) is 36.0 Å². The number of anilines is 1. The average Bonchev–Trinajstić information content (AvgIpc) is 3.23. The fraction of sp³-hybridized carbons (Fsp3) is 0.0769. The first-order valence-corrected chi connectivity index (χ1v) is 12.4. The standard InChI is InChI=1S/C26H20N4O5S/c1-17-26-25(22-5-3-4-6-24(22)36(34,35)28(26)2)27-29(17)20-14-10-19(11-15-20)23(31)16-9-18-7-12-21(13-8-18)30(32)33/h3-16H,1-2H3/b16-9+. The second-order valence-corrected chi connectivity index (χ2v) is 10.2. The predicted octanol–water partition coefficient (Wildman–Crippen LogP) is 4.79. The SMILES string of the molecule is Cc1c2c(nn1-c1ccc(C(=O)/C=C/c3ccc([N+](=O)[O-])cc3)cc1)-c1ccccc1S(=O)(=O)N2C. The maximum atomic E-state index is 13.0. The maximum Gasteiger partial charge on any atom is 0.269 e. The van der Waals surface area contributed by atoms with E-state index in [0.29, 0.717) is 39.5 Å². The van der Waals surface area contributed by atoms with Crippen molar-refractivity contribution in [1.82, 2.24) is 9.78 Å². The normalized spacial score (nSPS) is 13.9. The van der Waals surface area contributed by atoms with Gasteiger partial charge < -0.3 is 0 Å². The van der Waals surface area contributed by atoms with Crippen LogP contribution in [0, 0.1) is 17.0 Å². The first-order chi connectivity index (χ1) is 17.2. The van der Waals surface area contributed by atoms with E-state index < -0.39 is 14.9 Å². The second-order valence-electron chi connectivity index (χ2n) is 8.26. The molecule has 5 rings (SSSR count). The fourth-order valence-corrected chi connectivity index (χ4v) is 5.65. The molecule has 9 nitrogen and oxygen atoms in total. The summed E-state index contributed by atoms with van der Waals surface area (Å²) in [6, 6.07) is 19.5. The molecule has 2 heterocycles. The van der Waals surface area contributed by atoms with E-state index in [9.17, 15) is 23.3 Å². The van der Waals surface area contributed by atoms with Crippen molar-refractivity contribution >= 4 is 33.3 Å². The van der Waals surface area contributed by atoms with Crippen LogP contribution < -0.4 is 4.31 Å². The smallest absolute Gasteiger partial charge is 0.269 e. The minimum atomic E-state index is -3.69. The number of allylic oxidation sites excluding steroid dienone is 1. The summed E-state index contributed by atoms with van der Waals surface area (Å²) in [7, 11) is -2.17. The summed E-state index contributed by atoms with van der Waals surface area (Å²) < 4.78 is 28.9. The molecule has 3 aromatic carbocycles. The van der Waals surface area contributed by atoms with Gasteiger partial charge in [0, 0.05) is 30.3 Å². The molecule has 0 aliphatic carbocycles. The number of nitro benzene ring substituents is 1. The first-order valence-electron chi connectivity index (χ1n) is 10.9. The molecule has 1 aliphatic rings. The molecular formula is C26H20N4O5S. The number of nitrogens with zero attached hydrogens (tertiary/aromatic N) is 4. The van der Waals surface area contributed by atoms with Gasteiger partial charge in [-0.3, -0.25) is 19.2 Å². The van der Waals surface area contributed by atoms with Gasteiger partial charge in [0.1, 0.15) is 11.4 Å². The zero-order valence-electron chi connectivity index (χ0n) is 19.3. The number of benzene rings is 3. The number of hydrogen-bond donors (Lipinski definition) is 0. The Labute approximate surface area is 207 Å². The van der Waals surface area contributed by atoms with Crippen molar-refractivity contribution in [3.63, 3.8) is 0 Å². The van der Waals surface area contributed by atoms with Crippen LogP contribution in [-0.2, 0) is 10.0 Å². The molecule has 10 heteroatoms. The summed E-state index contributed by atoms with van der Waals surface area (Å²) in [5.74, 6) is -0.226. The summed E-state index contributed by atoms with van der Waals surface area (Å²) in [5, 5.41) is 15.5. The van der Waals surface area contributed by atoms with Crippen LogP contribution in [0.4, 0.5) is 11.4 Å². The number of carbonyl (C=O) groups is 1. The van der Waals surface area contributed by atoms with Crippen molar-refractivity contribution in [2.45, 2.75) is 11.8 Å². The molecule has 0 spiro atoms. The van der Waals surface area contributed by atoms with Crippen LogP contribution in [0.1, 0.15) is 21.6 Å². The Kier molecular flexibility index (Phi) is 5.52. The highest BCUT2D eigenvalue weighted by atomic mass is 32.2. The maximum absolute atomic E-state index is 13.0. The number of non-ortho nitro benzene ring substituents is 1. The van der Waals surface area contributed by atoms with Gasteiger partial charge in [-0.15, -0.1) is 0 Å². The molecule has 0 atom stereocenters. The monoisotopic (exact) mass is 500 g/mol. The van der Waals surface area contributed by atoms with E-state index in [2.05, 4.69) is 0 Å². The molecule has 1 aliphatic heterocycles. The van der Waals surface area contributed by atoms with Crippen LogP contribution in [0.15, 0.2) is 83.8 Å². The van der Waals surface area contributed by atoms with Crippen LogP contribution in [0.5, 0.6) is 0 Å². The highest BCUT2D eigenvalue weighted by molar-refractivity contribution is 7.93. The summed E-state index contributed by atoms with van der Waals surface area (Å²) in [6.07, 6.45) is 3.00. The van der Waals surface area contributed by atoms with Crippen LogP contribution in [0.25, 0.3) is 23.0 Å². The van der Waals surface area contributed by atoms with E-state index in [4.69, 9.17) is 5.10 Å². The average molecular weight is 501 g/mol. The number of aromatic nitrogens is 2. The van der Waals surface area contributed by atoms with E-state index in [1.807, 2.05) is 0 Å². The van der Waals surface area contributed by atoms with Crippen molar-refractivity contribution in [3.8, 4) is 16.9 Å². The van der Waals surface area contributed by atoms with Gasteiger partial charge in [-0.05, 0) is 61.0 Å². The Bertz CT molecular complexity index is 1650. The van der Waals surface area contributed by atoms with Gasteiger partial charge in [0.2, 0.25) is 0 Å². The number of ketones is 1. The van der Waals surface area contributed by atoms with E-state index in [-0.39, 0.29) is 16.4 Å². The molecule has 0 unspecified atom stereocenters. The Morgan fingerprint density at radius 1 is 1.00 bits per heavy atom. The Morgan fingerprint density at radius 2 is 1.67 bits per heavy atom. The Balaban J connectivity index is 1.43. The van der Waals surface area contributed by atoms with Gasteiger partial charge in [0.05, 0.1) is 21.2 Å². The molecule has 0 fully saturated rings. The lowest BCUT2D eigenvalue weighted by Gasteiger charge is -2.26. The number of fused-ring (bicyclic) bond motifs is 3. The zero-order chi connectivity index (χ0) is 25.6. The largest absolute Gasteiger partial charge is 0.289 e. The highest BCUT2D eigenvalue weighted by Crippen LogP contribution is 2.43. The van der Waals surface area contributed by atoms with Crippen LogP contribution >= 0.6 is 0 Å². The quantitative estimate of drug-likeness (QED) is 0.168. The van der Waals surface area contributed by atoms with Crippen molar-refractivity contribution in [2.75, 3.05) is 11.4 Å². The molecule has 4 aromatic rings. The lowest BCUT2D eigenvalue weighted by Crippen LogP contribution is -2.30. The van der Waals surface area contributed by atoms with Gasteiger partial charge in [0.15, 0.2) is 5.78 Å². The number of nitro groups is 1. The van der Waals surface area contributed by atoms with Crippen molar-refractivity contribution < 1.29 is 18.1 Å². The molecule has 0 bridgehead atoms. The van der Waals surface area contributed by atoms with Crippen molar-refractivity contribution in [1.29, 1.82) is 0 Å². The molecule has 0 saturated heterocycles. The molecule has 0 saturated carbocycles. The molecule has 1 aromatic heterocycles. The lowest BCUT2D eigenvalue weighted by molar-refractivity contribution is -0.384. The molecule has 36 heavy (non-hydrogen) atoms. The van der Waals surface area contributed by atoms with Gasteiger partial charge in [-0.2, -0.15) is 5.10 Å². The van der Waals surface area contributed by atoms with Crippen LogP contribution in [0.2, 0.25) is 0 Å². The predicted molar refractivity (Wildman–Crippen MR) is 136 cm³/mol. The summed E-state index contributed by atoms with van der Waals surface area (Å²) in [6.45, 7) is 1.80. The fourth-order valence-electron chi connectivity index (χ4n) is 4.20. The second kappa shape index (κ2) is 8.58. The minimum absolute atomic E-state index is 0.0167. The van der Waals surface area contributed by atoms with E-state index in [1.54, 1.807) is 78.3 Å². The third kappa shape index (κ3) is 3.77. The third-order valence-corrected chi connectivity index (χ3v) is 7.92. The van der Waals surface area contributed by atoms with E-state index in [0.717, 1.165) is 0 Å². The van der Waals surface area contributed by atoms with E-state index >= 15 is 0 Å². The van der Waals surface area contributed by atoms with Gasteiger partial charge in [-0.1, -0.05) is 24.3 Å². The number of carbonyl (C=O) groups excluding carboxylic acids is 1. The molecule has 0 amide bonds. The zero-order valence-corrected chi connectivity index (χ0v) is 20.1. The number of hydrogen-bond acceptors (Lipinski definition) is 6. The molecule has 180 valence electrons. The summed E-state index contributed by atoms with van der Waals surface area (Å²) in [5.41, 5.74) is 4.09. The Morgan fingerprint density at radius 3 is 2.33 bits per heavy atom. The van der Waals surface area contributed by atoms with Crippen molar-refractivity contribution in [3.05, 3.63) is 106 Å². The highest BCUT2D eigenvalue weighted by Gasteiger charge is 2.36. The van der Waals surface area contributed by atoms with Gasteiger partial charge in [0.25, 0.3) is 15.7 Å². The summed E-state index contributed by atoms with van der Waals surface area (Å²) in [4.78, 5) is 23.1. The van der Waals surface area contributed by atoms with Gasteiger partial charge in [-0.25, -0.2) is 13.1 Å². The lowest BCUT2D eigenvalue weighted by atomic mass is 10.1. The third-order valence-electron chi connectivity index (χ3n) is 6.11. The molecule has 0 radical (unpaired) electrons. The Hall–Kier alpha value is -4.57. The number of rotatable bonds is 5.